The van der Waals surface area contributed by atoms with E-state index in [-0.39, 0.29) is 5.91 Å². The predicted molar refractivity (Wildman–Crippen MR) is 111 cm³/mol. The SMILES string of the molecule is Cc1ccc(C(=O)Nc2cccc(OCCCN3CCCCC3)c2)cc1C. The van der Waals surface area contributed by atoms with Gasteiger partial charge in [-0.15, -0.1) is 0 Å². The molecular weight excluding hydrogens is 336 g/mol. The smallest absolute Gasteiger partial charge is 0.255 e. The number of benzene rings is 2. The molecule has 1 heterocycles. The Morgan fingerprint density at radius 3 is 2.63 bits per heavy atom. The molecule has 0 spiro atoms. The lowest BCUT2D eigenvalue weighted by Crippen LogP contribution is -2.31. The fourth-order valence-electron chi connectivity index (χ4n) is 3.41. The summed E-state index contributed by atoms with van der Waals surface area (Å²) in [5, 5.41) is 2.96. The number of rotatable bonds is 7. The topological polar surface area (TPSA) is 41.6 Å². The number of nitrogens with one attached hydrogen (secondary N) is 1. The van der Waals surface area contributed by atoms with Gasteiger partial charge in [-0.3, -0.25) is 4.79 Å². The number of nitrogens with zero attached hydrogens (tertiary/aromatic N) is 1. The lowest BCUT2D eigenvalue weighted by Gasteiger charge is -2.26. The molecule has 2 aromatic rings. The normalized spacial score (nSPS) is 14.7. The summed E-state index contributed by atoms with van der Waals surface area (Å²) in [4.78, 5) is 15.0. The highest BCUT2D eigenvalue weighted by molar-refractivity contribution is 6.04. The van der Waals surface area contributed by atoms with E-state index in [0.29, 0.717) is 12.2 Å². The first kappa shape index (κ1) is 19.4. The molecule has 1 aliphatic rings. The van der Waals surface area contributed by atoms with E-state index in [1.54, 1.807) is 0 Å². The van der Waals surface area contributed by atoms with Crippen LogP contribution in [0.3, 0.4) is 0 Å². The standard InChI is InChI=1S/C23H30N2O2/c1-18-10-11-20(16-19(18)2)23(26)24-21-8-6-9-22(17-21)27-15-7-14-25-12-4-3-5-13-25/h6,8-11,16-17H,3-5,7,12-15H2,1-2H3,(H,24,26). The van der Waals surface area contributed by atoms with Crippen molar-refractivity contribution in [3.8, 4) is 5.75 Å². The summed E-state index contributed by atoms with van der Waals surface area (Å²) in [6.07, 6.45) is 5.04. The van der Waals surface area contributed by atoms with Crippen molar-refractivity contribution < 1.29 is 9.53 Å². The van der Waals surface area contributed by atoms with Crippen LogP contribution in [0.2, 0.25) is 0 Å². The molecule has 1 saturated heterocycles. The van der Waals surface area contributed by atoms with E-state index in [9.17, 15) is 4.79 Å². The van der Waals surface area contributed by atoms with E-state index in [4.69, 9.17) is 4.74 Å². The third-order valence-electron chi connectivity index (χ3n) is 5.20. The van der Waals surface area contributed by atoms with Crippen molar-refractivity contribution in [2.45, 2.75) is 39.5 Å². The zero-order valence-corrected chi connectivity index (χ0v) is 16.5. The molecular formula is C23H30N2O2. The van der Waals surface area contributed by atoms with Crippen molar-refractivity contribution >= 4 is 11.6 Å². The molecule has 0 saturated carbocycles. The zero-order valence-electron chi connectivity index (χ0n) is 16.5. The number of hydrogen-bond acceptors (Lipinski definition) is 3. The van der Waals surface area contributed by atoms with Crippen LogP contribution in [0.5, 0.6) is 5.75 Å². The minimum Gasteiger partial charge on any atom is -0.493 e. The largest absolute Gasteiger partial charge is 0.493 e. The first-order chi connectivity index (χ1) is 13.1. The maximum Gasteiger partial charge on any atom is 0.255 e. The molecule has 1 fully saturated rings. The number of anilines is 1. The minimum absolute atomic E-state index is 0.0969. The molecule has 2 aromatic carbocycles. The number of carbonyl (C=O) groups excluding carboxylic acids is 1. The van der Waals surface area contributed by atoms with E-state index < -0.39 is 0 Å². The number of carbonyl (C=O) groups is 1. The fraction of sp³-hybridized carbons (Fsp3) is 0.435. The van der Waals surface area contributed by atoms with Gasteiger partial charge in [-0.1, -0.05) is 18.6 Å². The first-order valence-electron chi connectivity index (χ1n) is 9.96. The Kier molecular flexibility index (Phi) is 6.88. The molecule has 1 aliphatic heterocycles. The molecule has 4 nitrogen and oxygen atoms in total. The summed E-state index contributed by atoms with van der Waals surface area (Å²) in [6.45, 7) is 8.31. The van der Waals surface area contributed by atoms with Crippen molar-refractivity contribution in [3.63, 3.8) is 0 Å². The van der Waals surface area contributed by atoms with Crippen molar-refractivity contribution in [2.24, 2.45) is 0 Å². The molecule has 1 N–H and O–H groups in total. The average molecular weight is 367 g/mol. The van der Waals surface area contributed by atoms with Crippen molar-refractivity contribution in [2.75, 3.05) is 31.6 Å². The highest BCUT2D eigenvalue weighted by Crippen LogP contribution is 2.19. The summed E-state index contributed by atoms with van der Waals surface area (Å²) in [5.41, 5.74) is 3.73. The fourth-order valence-corrected chi connectivity index (χ4v) is 3.41. The Bertz CT molecular complexity index is 767. The van der Waals surface area contributed by atoms with E-state index >= 15 is 0 Å². The third kappa shape index (κ3) is 5.83. The third-order valence-corrected chi connectivity index (χ3v) is 5.20. The van der Waals surface area contributed by atoms with E-state index in [0.717, 1.165) is 30.0 Å². The summed E-state index contributed by atoms with van der Waals surface area (Å²) < 4.78 is 5.88. The van der Waals surface area contributed by atoms with Crippen LogP contribution in [0.15, 0.2) is 42.5 Å². The van der Waals surface area contributed by atoms with Gasteiger partial charge in [0.1, 0.15) is 5.75 Å². The van der Waals surface area contributed by atoms with Crippen LogP contribution in [0.1, 0.15) is 47.2 Å². The Balaban J connectivity index is 1.49. The second-order valence-corrected chi connectivity index (χ2v) is 7.39. The monoisotopic (exact) mass is 366 g/mol. The van der Waals surface area contributed by atoms with Crippen LogP contribution in [-0.2, 0) is 0 Å². The van der Waals surface area contributed by atoms with E-state index in [1.165, 1.54) is 37.9 Å². The predicted octanol–water partition coefficient (Wildman–Crippen LogP) is 4.81. The molecule has 4 heteroatoms. The lowest BCUT2D eigenvalue weighted by atomic mass is 10.1. The highest BCUT2D eigenvalue weighted by Gasteiger charge is 2.10. The summed E-state index contributed by atoms with van der Waals surface area (Å²) in [7, 11) is 0. The van der Waals surface area contributed by atoms with Gasteiger partial charge in [0.15, 0.2) is 0 Å². The van der Waals surface area contributed by atoms with Crippen LogP contribution < -0.4 is 10.1 Å². The Morgan fingerprint density at radius 1 is 1.04 bits per heavy atom. The van der Waals surface area contributed by atoms with Gasteiger partial charge in [-0.2, -0.15) is 0 Å². The van der Waals surface area contributed by atoms with E-state index in [1.807, 2.05) is 56.3 Å². The average Bonchev–Trinajstić information content (AvgIpc) is 2.68. The molecule has 1 amide bonds. The minimum atomic E-state index is -0.0969. The Labute approximate surface area is 162 Å². The van der Waals surface area contributed by atoms with Gasteiger partial charge < -0.3 is 15.0 Å². The summed E-state index contributed by atoms with van der Waals surface area (Å²) in [5.74, 6) is 0.701. The van der Waals surface area contributed by atoms with Crippen molar-refractivity contribution in [1.29, 1.82) is 0 Å². The second-order valence-electron chi connectivity index (χ2n) is 7.39. The number of ether oxygens (including phenoxy) is 1. The van der Waals surface area contributed by atoms with Crippen LogP contribution in [-0.4, -0.2) is 37.0 Å². The lowest BCUT2D eigenvalue weighted by molar-refractivity contribution is 0.102. The number of piperidine rings is 1. The van der Waals surface area contributed by atoms with Crippen molar-refractivity contribution in [1.82, 2.24) is 4.90 Å². The second kappa shape index (κ2) is 9.56. The zero-order chi connectivity index (χ0) is 19.1. The summed E-state index contributed by atoms with van der Waals surface area (Å²) in [6, 6.07) is 13.4. The molecule has 0 aliphatic carbocycles. The van der Waals surface area contributed by atoms with Crippen LogP contribution in [0.4, 0.5) is 5.69 Å². The van der Waals surface area contributed by atoms with Crippen LogP contribution in [0, 0.1) is 13.8 Å². The maximum absolute atomic E-state index is 12.5. The summed E-state index contributed by atoms with van der Waals surface area (Å²) >= 11 is 0. The number of hydrogen-bond donors (Lipinski definition) is 1. The highest BCUT2D eigenvalue weighted by atomic mass is 16.5. The molecule has 0 unspecified atom stereocenters. The van der Waals surface area contributed by atoms with Crippen LogP contribution in [0.25, 0.3) is 0 Å². The van der Waals surface area contributed by atoms with Crippen molar-refractivity contribution in [3.05, 3.63) is 59.2 Å². The van der Waals surface area contributed by atoms with Gasteiger partial charge in [0.05, 0.1) is 6.61 Å². The quantitative estimate of drug-likeness (QED) is 0.715. The van der Waals surface area contributed by atoms with Gasteiger partial charge in [-0.25, -0.2) is 0 Å². The molecule has 27 heavy (non-hydrogen) atoms. The molecule has 0 aromatic heterocycles. The molecule has 0 bridgehead atoms. The van der Waals surface area contributed by atoms with Gasteiger partial charge >= 0.3 is 0 Å². The van der Waals surface area contributed by atoms with E-state index in [2.05, 4.69) is 10.2 Å². The molecule has 144 valence electrons. The number of likely N-dealkylation sites (tertiary alicyclic amines) is 1. The Morgan fingerprint density at radius 2 is 1.85 bits per heavy atom. The van der Waals surface area contributed by atoms with Gasteiger partial charge in [0, 0.05) is 23.9 Å². The van der Waals surface area contributed by atoms with Gasteiger partial charge in [-0.05, 0) is 81.6 Å². The molecule has 0 atom stereocenters. The first-order valence-corrected chi connectivity index (χ1v) is 9.96. The maximum atomic E-state index is 12.5. The molecule has 0 radical (unpaired) electrons. The van der Waals surface area contributed by atoms with Crippen LogP contribution >= 0.6 is 0 Å². The Hall–Kier alpha value is -2.33. The van der Waals surface area contributed by atoms with Gasteiger partial charge in [0.2, 0.25) is 0 Å². The molecule has 3 rings (SSSR count). The number of amides is 1. The number of aryl methyl sites for hydroxylation is 2. The van der Waals surface area contributed by atoms with Gasteiger partial charge in [0.25, 0.3) is 5.91 Å².